The summed E-state index contributed by atoms with van der Waals surface area (Å²) in [5.41, 5.74) is 4.95. The van der Waals surface area contributed by atoms with Crippen LogP contribution in [0.3, 0.4) is 0 Å². The number of ether oxygens (including phenoxy) is 3. The van der Waals surface area contributed by atoms with E-state index in [0.717, 1.165) is 25.7 Å². The average molecular weight is 217 g/mol. The molecule has 0 aromatic carbocycles. The first kappa shape index (κ1) is 12.3. The molecule has 0 heterocycles. The van der Waals surface area contributed by atoms with Crippen LogP contribution in [0.15, 0.2) is 0 Å². The number of nitrogens with two attached hydrogens (primary N) is 1. The molecule has 0 aliphatic heterocycles. The minimum absolute atomic E-state index is 0.0234. The fraction of sp³-hybridized carbons (Fsp3) is 0.900. The van der Waals surface area contributed by atoms with Gasteiger partial charge in [-0.05, 0) is 25.7 Å². The lowest BCUT2D eigenvalue weighted by atomic mass is 9.95. The number of methoxy groups -OCH3 is 1. The van der Waals surface area contributed by atoms with Crippen molar-refractivity contribution in [3.05, 3.63) is 0 Å². The summed E-state index contributed by atoms with van der Waals surface area (Å²) in [4.78, 5) is 10.5. The summed E-state index contributed by atoms with van der Waals surface area (Å²) in [6, 6.07) is 0. The van der Waals surface area contributed by atoms with Crippen molar-refractivity contribution in [1.82, 2.24) is 0 Å². The van der Waals surface area contributed by atoms with E-state index in [9.17, 15) is 4.79 Å². The maximum Gasteiger partial charge on any atom is 0.404 e. The molecule has 1 rings (SSSR count). The highest BCUT2D eigenvalue weighted by molar-refractivity contribution is 5.64. The van der Waals surface area contributed by atoms with Crippen molar-refractivity contribution in [2.24, 2.45) is 5.73 Å². The molecule has 1 aliphatic carbocycles. The largest absolute Gasteiger partial charge is 0.446 e. The van der Waals surface area contributed by atoms with E-state index in [2.05, 4.69) is 0 Å². The third-order valence-corrected chi connectivity index (χ3v) is 2.55. The summed E-state index contributed by atoms with van der Waals surface area (Å²) in [6.45, 7) is 1.25. The van der Waals surface area contributed by atoms with Crippen LogP contribution >= 0.6 is 0 Å². The Hall–Kier alpha value is -0.810. The van der Waals surface area contributed by atoms with Gasteiger partial charge in [0.2, 0.25) is 0 Å². The van der Waals surface area contributed by atoms with Crippen molar-refractivity contribution in [2.45, 2.75) is 37.9 Å². The van der Waals surface area contributed by atoms with Crippen molar-refractivity contribution in [3.8, 4) is 0 Å². The number of hydrogen-bond acceptors (Lipinski definition) is 4. The van der Waals surface area contributed by atoms with Gasteiger partial charge in [-0.3, -0.25) is 0 Å². The molecular formula is C10H19NO4. The first-order chi connectivity index (χ1) is 7.22. The Bertz CT molecular complexity index is 190. The van der Waals surface area contributed by atoms with Crippen molar-refractivity contribution >= 4 is 6.09 Å². The van der Waals surface area contributed by atoms with Gasteiger partial charge < -0.3 is 19.9 Å². The van der Waals surface area contributed by atoms with Crippen LogP contribution in [0.2, 0.25) is 0 Å². The molecule has 0 unspecified atom stereocenters. The molecule has 88 valence electrons. The maximum atomic E-state index is 10.5. The Morgan fingerprint density at radius 3 is 2.33 bits per heavy atom. The fourth-order valence-electron chi connectivity index (χ4n) is 1.78. The van der Waals surface area contributed by atoms with Gasteiger partial charge in [0.05, 0.1) is 19.3 Å². The quantitative estimate of drug-likeness (QED) is 0.699. The Morgan fingerprint density at radius 1 is 1.20 bits per heavy atom. The number of primary amides is 1. The van der Waals surface area contributed by atoms with Gasteiger partial charge in [-0.25, -0.2) is 4.79 Å². The van der Waals surface area contributed by atoms with E-state index < -0.39 is 6.09 Å². The second kappa shape index (κ2) is 6.63. The summed E-state index contributed by atoms with van der Waals surface area (Å²) < 4.78 is 15.4. The van der Waals surface area contributed by atoms with Crippen molar-refractivity contribution in [1.29, 1.82) is 0 Å². The molecule has 5 heteroatoms. The summed E-state index contributed by atoms with van der Waals surface area (Å²) in [5.74, 6) is 0. The Balaban J connectivity index is 2.10. The predicted molar refractivity (Wildman–Crippen MR) is 54.5 cm³/mol. The minimum Gasteiger partial charge on any atom is -0.446 e. The predicted octanol–water partition coefficient (Wildman–Crippen LogP) is 1.06. The molecule has 0 spiro atoms. The van der Waals surface area contributed by atoms with Gasteiger partial charge in [0, 0.05) is 7.11 Å². The number of carbonyl (C=O) groups is 1. The summed E-state index contributed by atoms with van der Waals surface area (Å²) >= 11 is 0. The number of rotatable bonds is 5. The molecule has 1 aliphatic rings. The molecule has 2 N–H and O–H groups in total. The van der Waals surface area contributed by atoms with Crippen LogP contribution in [0.25, 0.3) is 0 Å². The molecule has 1 fully saturated rings. The van der Waals surface area contributed by atoms with Crippen LogP contribution in [0.4, 0.5) is 4.79 Å². The highest BCUT2D eigenvalue weighted by Gasteiger charge is 2.23. The van der Waals surface area contributed by atoms with Crippen LogP contribution in [0.1, 0.15) is 25.7 Å². The first-order valence-corrected chi connectivity index (χ1v) is 5.29. The topological polar surface area (TPSA) is 70.8 Å². The molecule has 0 atom stereocenters. The van der Waals surface area contributed by atoms with Gasteiger partial charge in [0.25, 0.3) is 0 Å². The summed E-state index contributed by atoms with van der Waals surface area (Å²) in [6.07, 6.45) is 3.07. The second-order valence-electron chi connectivity index (χ2n) is 3.70. The monoisotopic (exact) mass is 217 g/mol. The van der Waals surface area contributed by atoms with Gasteiger partial charge in [-0.15, -0.1) is 0 Å². The number of amides is 1. The van der Waals surface area contributed by atoms with Crippen molar-refractivity contribution in [2.75, 3.05) is 20.3 Å². The zero-order chi connectivity index (χ0) is 11.1. The van der Waals surface area contributed by atoms with Gasteiger partial charge in [-0.2, -0.15) is 0 Å². The van der Waals surface area contributed by atoms with E-state index in [-0.39, 0.29) is 12.2 Å². The molecule has 0 aromatic heterocycles. The standard InChI is InChI=1S/C10H19NO4/c1-13-6-7-14-8-2-4-9(5-3-8)15-10(11)12/h8-9H,2-7H2,1H3,(H2,11,12)/t8-,9-. The minimum atomic E-state index is -0.682. The van der Waals surface area contributed by atoms with E-state index in [1.807, 2.05) is 0 Å². The molecule has 0 bridgehead atoms. The molecular weight excluding hydrogens is 198 g/mol. The van der Waals surface area contributed by atoms with Gasteiger partial charge in [0.1, 0.15) is 6.10 Å². The van der Waals surface area contributed by atoms with Gasteiger partial charge in [-0.1, -0.05) is 0 Å². The fourth-order valence-corrected chi connectivity index (χ4v) is 1.78. The van der Waals surface area contributed by atoms with E-state index in [4.69, 9.17) is 19.9 Å². The van der Waals surface area contributed by atoms with Crippen LogP contribution in [0.5, 0.6) is 0 Å². The van der Waals surface area contributed by atoms with E-state index >= 15 is 0 Å². The zero-order valence-electron chi connectivity index (χ0n) is 9.11. The molecule has 1 amide bonds. The van der Waals surface area contributed by atoms with Crippen LogP contribution < -0.4 is 5.73 Å². The molecule has 15 heavy (non-hydrogen) atoms. The third kappa shape index (κ3) is 4.99. The highest BCUT2D eigenvalue weighted by atomic mass is 16.6. The molecule has 5 nitrogen and oxygen atoms in total. The Kier molecular flexibility index (Phi) is 5.42. The third-order valence-electron chi connectivity index (χ3n) is 2.55. The van der Waals surface area contributed by atoms with E-state index in [1.165, 1.54) is 0 Å². The van der Waals surface area contributed by atoms with Gasteiger partial charge >= 0.3 is 6.09 Å². The maximum absolute atomic E-state index is 10.5. The van der Waals surface area contributed by atoms with Crippen LogP contribution in [-0.4, -0.2) is 38.6 Å². The first-order valence-electron chi connectivity index (χ1n) is 5.29. The van der Waals surface area contributed by atoms with Crippen molar-refractivity contribution in [3.63, 3.8) is 0 Å². The van der Waals surface area contributed by atoms with E-state index in [1.54, 1.807) is 7.11 Å². The smallest absolute Gasteiger partial charge is 0.404 e. The highest BCUT2D eigenvalue weighted by Crippen LogP contribution is 2.23. The molecule has 0 saturated heterocycles. The van der Waals surface area contributed by atoms with Gasteiger partial charge in [0.15, 0.2) is 0 Å². The Morgan fingerprint density at radius 2 is 1.80 bits per heavy atom. The Labute approximate surface area is 89.9 Å². The van der Waals surface area contributed by atoms with Crippen LogP contribution in [0, 0.1) is 0 Å². The number of hydrogen-bond donors (Lipinski definition) is 1. The zero-order valence-corrected chi connectivity index (χ0v) is 9.11. The second-order valence-corrected chi connectivity index (χ2v) is 3.70. The summed E-state index contributed by atoms with van der Waals surface area (Å²) in [5, 5.41) is 0. The lowest BCUT2D eigenvalue weighted by molar-refractivity contribution is -0.0242. The summed E-state index contributed by atoms with van der Waals surface area (Å²) in [7, 11) is 1.65. The van der Waals surface area contributed by atoms with Crippen molar-refractivity contribution < 1.29 is 19.0 Å². The lowest BCUT2D eigenvalue weighted by Gasteiger charge is -2.27. The van der Waals surface area contributed by atoms with Crippen LogP contribution in [-0.2, 0) is 14.2 Å². The molecule has 0 radical (unpaired) electrons. The molecule has 1 saturated carbocycles. The molecule has 0 aromatic rings. The average Bonchev–Trinajstić information content (AvgIpc) is 2.20. The SMILES string of the molecule is COCCO[C@H]1CC[C@H](OC(N)=O)CC1. The lowest BCUT2D eigenvalue weighted by Crippen LogP contribution is -2.30. The number of carbonyl (C=O) groups excluding carboxylic acids is 1. The van der Waals surface area contributed by atoms with E-state index in [0.29, 0.717) is 13.2 Å². The normalized spacial score (nSPS) is 26.2.